The Morgan fingerprint density at radius 3 is 2.86 bits per heavy atom. The molecule has 0 aromatic carbocycles. The molecule has 2 N–H and O–H groups in total. The maximum Gasteiger partial charge on any atom is 0.419 e. The predicted octanol–water partition coefficient (Wildman–Crippen LogP) is 0.480. The summed E-state index contributed by atoms with van der Waals surface area (Å²) in [5, 5.41) is 16.4. The van der Waals surface area contributed by atoms with Crippen molar-refractivity contribution in [2.75, 3.05) is 11.9 Å². The van der Waals surface area contributed by atoms with Crippen LogP contribution in [0.3, 0.4) is 0 Å². The lowest BCUT2D eigenvalue weighted by Crippen LogP contribution is -2.32. The number of aliphatic carboxylic acids is 1. The first-order valence-corrected chi connectivity index (χ1v) is 6.11. The number of alkyl halides is 3. The van der Waals surface area contributed by atoms with Gasteiger partial charge < -0.3 is 14.7 Å². The standard InChI is InChI=1S/C11H9ClF3N3O3/c12-7-1-5(11(13,14)15)3-16-9(7)17-4-6-2-8(10(19)20)18-21-6/h1,3,6H,2,4H2,(H,16,17)(H,19,20)/t6-/m1/s1. The lowest BCUT2D eigenvalue weighted by atomic mass is 10.2. The van der Waals surface area contributed by atoms with E-state index in [1.54, 1.807) is 0 Å². The third kappa shape index (κ3) is 3.75. The molecule has 0 radical (unpaired) electrons. The average molecular weight is 324 g/mol. The number of hydrogen-bond donors (Lipinski definition) is 1. The van der Waals surface area contributed by atoms with Crippen LogP contribution < -0.4 is 15.4 Å². The highest BCUT2D eigenvalue weighted by Gasteiger charge is 2.33. The second kappa shape index (κ2) is 5.76. The van der Waals surface area contributed by atoms with E-state index >= 15 is 0 Å². The van der Waals surface area contributed by atoms with Gasteiger partial charge >= 0.3 is 6.18 Å². The van der Waals surface area contributed by atoms with Gasteiger partial charge in [-0.25, -0.2) is 4.98 Å². The van der Waals surface area contributed by atoms with Gasteiger partial charge in [0.1, 0.15) is 23.5 Å². The van der Waals surface area contributed by atoms with E-state index in [1.807, 2.05) is 0 Å². The fraction of sp³-hybridized carbons (Fsp3) is 0.364. The molecule has 0 unspecified atom stereocenters. The van der Waals surface area contributed by atoms with Crippen molar-refractivity contribution in [3.8, 4) is 0 Å². The number of carbonyl (C=O) groups excluding carboxylic acids is 1. The number of aromatic nitrogens is 1. The highest BCUT2D eigenvalue weighted by Crippen LogP contribution is 2.31. The number of H-pyrrole nitrogens is 1. The quantitative estimate of drug-likeness (QED) is 0.873. The Morgan fingerprint density at radius 2 is 2.33 bits per heavy atom. The predicted molar refractivity (Wildman–Crippen MR) is 63.4 cm³/mol. The van der Waals surface area contributed by atoms with Crippen molar-refractivity contribution < 1.29 is 32.9 Å². The number of hydrogen-bond acceptors (Lipinski definition) is 5. The van der Waals surface area contributed by atoms with Crippen LogP contribution in [0.25, 0.3) is 0 Å². The fourth-order valence-electron chi connectivity index (χ4n) is 1.64. The van der Waals surface area contributed by atoms with Gasteiger partial charge in [-0.1, -0.05) is 16.8 Å². The zero-order chi connectivity index (χ0) is 15.6. The number of oxime groups is 1. The van der Waals surface area contributed by atoms with E-state index in [9.17, 15) is 23.1 Å². The van der Waals surface area contributed by atoms with Crippen molar-refractivity contribution in [2.45, 2.75) is 18.7 Å². The third-order valence-corrected chi connectivity index (χ3v) is 2.99. The van der Waals surface area contributed by atoms with Crippen molar-refractivity contribution in [3.05, 3.63) is 22.8 Å². The van der Waals surface area contributed by atoms with Gasteiger partial charge in [0.05, 0.1) is 11.5 Å². The second-order valence-corrected chi connectivity index (χ2v) is 4.65. The maximum absolute atomic E-state index is 12.5. The molecule has 6 nitrogen and oxygen atoms in total. The number of aromatic amines is 1. The van der Waals surface area contributed by atoms with Crippen LogP contribution in [0.1, 0.15) is 12.0 Å². The summed E-state index contributed by atoms with van der Waals surface area (Å²) in [6.07, 6.45) is -4.25. The van der Waals surface area contributed by atoms with Crippen LogP contribution in [0.5, 0.6) is 0 Å². The van der Waals surface area contributed by atoms with Crippen LogP contribution in [0, 0.1) is 0 Å². The first-order chi connectivity index (χ1) is 9.77. The minimum atomic E-state index is -4.50. The van der Waals surface area contributed by atoms with Crippen molar-refractivity contribution in [1.29, 1.82) is 0 Å². The second-order valence-electron chi connectivity index (χ2n) is 4.25. The Bertz CT molecular complexity index is 592. The number of nitrogens with one attached hydrogen (secondary N) is 2. The van der Waals surface area contributed by atoms with Gasteiger partial charge in [0.2, 0.25) is 0 Å². The molecule has 114 valence electrons. The molecule has 0 saturated heterocycles. The lowest BCUT2D eigenvalue weighted by Gasteiger charge is -2.08. The number of rotatable bonds is 4. The Labute approximate surface area is 121 Å². The first kappa shape index (κ1) is 15.4. The fourth-order valence-corrected chi connectivity index (χ4v) is 1.88. The number of carboxylic acids is 1. The van der Waals surface area contributed by atoms with Crippen LogP contribution in [-0.4, -0.2) is 24.3 Å². The van der Waals surface area contributed by atoms with E-state index in [4.69, 9.17) is 16.4 Å². The molecular formula is C11H9ClF3N3O3. The summed E-state index contributed by atoms with van der Waals surface area (Å²) in [6, 6.07) is 0.777. The molecule has 1 aliphatic rings. The van der Waals surface area contributed by atoms with Crippen molar-refractivity contribution >= 4 is 29.1 Å². The molecule has 2 rings (SSSR count). The minimum absolute atomic E-state index is 0.0353. The molecule has 1 aromatic rings. The van der Waals surface area contributed by atoms with Crippen molar-refractivity contribution in [2.24, 2.45) is 5.16 Å². The smallest absolute Gasteiger partial charge is 0.419 e. The largest absolute Gasteiger partial charge is 0.543 e. The first-order valence-electron chi connectivity index (χ1n) is 5.73. The van der Waals surface area contributed by atoms with Crippen LogP contribution in [0.4, 0.5) is 19.0 Å². The van der Waals surface area contributed by atoms with Crippen LogP contribution in [-0.2, 0) is 15.8 Å². The monoisotopic (exact) mass is 323 g/mol. The summed E-state index contributed by atoms with van der Waals surface area (Å²) in [4.78, 5) is 17.8. The topological polar surface area (TPSA) is 87.9 Å². The summed E-state index contributed by atoms with van der Waals surface area (Å²) in [5.41, 5.74) is -1.12. The molecule has 0 bridgehead atoms. The molecule has 0 fully saturated rings. The molecule has 0 saturated carbocycles. The van der Waals surface area contributed by atoms with Crippen molar-refractivity contribution in [1.82, 2.24) is 0 Å². The molecule has 2 heterocycles. The molecule has 1 atom stereocenters. The van der Waals surface area contributed by atoms with Gasteiger partial charge in [-0.2, -0.15) is 13.2 Å². The zero-order valence-corrected chi connectivity index (χ0v) is 11.1. The Morgan fingerprint density at radius 1 is 1.62 bits per heavy atom. The molecule has 1 aliphatic heterocycles. The zero-order valence-electron chi connectivity index (χ0n) is 10.3. The number of carbonyl (C=O) groups is 1. The minimum Gasteiger partial charge on any atom is -0.543 e. The van der Waals surface area contributed by atoms with Gasteiger partial charge in [0, 0.05) is 6.42 Å². The van der Waals surface area contributed by atoms with Gasteiger partial charge in [-0.05, 0) is 6.07 Å². The number of carboxylic acid groups (broad SMARTS) is 1. The average Bonchev–Trinajstić information content (AvgIpc) is 2.85. The van der Waals surface area contributed by atoms with Gasteiger partial charge in [-0.15, -0.1) is 0 Å². The summed E-state index contributed by atoms with van der Waals surface area (Å²) >= 11 is 5.73. The van der Waals surface area contributed by atoms with E-state index in [-0.39, 0.29) is 29.5 Å². The number of pyridine rings is 1. The maximum atomic E-state index is 12.5. The Hall–Kier alpha value is -2.03. The normalized spacial score (nSPS) is 18.1. The lowest BCUT2D eigenvalue weighted by molar-refractivity contribution is -0.364. The summed E-state index contributed by atoms with van der Waals surface area (Å²) in [5.74, 6) is -1.26. The highest BCUT2D eigenvalue weighted by atomic mass is 35.5. The Balaban J connectivity index is 1.95. The number of anilines is 1. The summed E-state index contributed by atoms with van der Waals surface area (Å²) in [7, 11) is 0. The van der Waals surface area contributed by atoms with E-state index < -0.39 is 23.8 Å². The van der Waals surface area contributed by atoms with E-state index in [0.717, 1.165) is 12.3 Å². The summed E-state index contributed by atoms with van der Waals surface area (Å²) < 4.78 is 37.4. The number of nitrogens with zero attached hydrogens (tertiary/aromatic N) is 1. The molecule has 0 amide bonds. The van der Waals surface area contributed by atoms with E-state index in [1.165, 1.54) is 0 Å². The summed E-state index contributed by atoms with van der Waals surface area (Å²) in [6.45, 7) is 0.113. The number of halogens is 4. The molecular weight excluding hydrogens is 315 g/mol. The molecule has 21 heavy (non-hydrogen) atoms. The van der Waals surface area contributed by atoms with Gasteiger partial charge in [0.15, 0.2) is 6.10 Å². The molecule has 1 aromatic heterocycles. The Kier molecular flexibility index (Phi) is 4.21. The molecule has 0 spiro atoms. The van der Waals surface area contributed by atoms with Crippen LogP contribution in [0.2, 0.25) is 5.02 Å². The van der Waals surface area contributed by atoms with E-state index in [0.29, 0.717) is 0 Å². The highest BCUT2D eigenvalue weighted by molar-refractivity contribution is 6.35. The molecule has 0 aliphatic carbocycles. The van der Waals surface area contributed by atoms with Gasteiger partial charge in [0.25, 0.3) is 5.82 Å². The SMILES string of the molecule is O=C([O-])C1=NO[C@@H](CNc2[nH+]cc(C(F)(F)F)cc2Cl)C1. The van der Waals surface area contributed by atoms with Gasteiger partial charge in [-0.3, -0.25) is 5.32 Å². The van der Waals surface area contributed by atoms with Crippen LogP contribution in [0.15, 0.2) is 17.4 Å². The van der Waals surface area contributed by atoms with Crippen LogP contribution >= 0.6 is 11.6 Å². The molecule has 10 heteroatoms. The van der Waals surface area contributed by atoms with E-state index in [2.05, 4.69) is 15.5 Å². The third-order valence-electron chi connectivity index (χ3n) is 2.70. The van der Waals surface area contributed by atoms with Crippen molar-refractivity contribution in [3.63, 3.8) is 0 Å².